The molecule has 0 heteroatoms. The van der Waals surface area contributed by atoms with Crippen LogP contribution in [0, 0.1) is 53.3 Å². The Morgan fingerprint density at radius 1 is 0.826 bits per heavy atom. The van der Waals surface area contributed by atoms with Crippen LogP contribution in [0.25, 0.3) is 0 Å². The Morgan fingerprint density at radius 2 is 1.52 bits per heavy atom. The summed E-state index contributed by atoms with van der Waals surface area (Å²) >= 11 is 0. The van der Waals surface area contributed by atoms with E-state index < -0.39 is 0 Å². The van der Waals surface area contributed by atoms with Crippen LogP contribution in [-0.2, 0) is 0 Å². The first-order valence-corrected chi connectivity index (χ1v) is 10.8. The second kappa shape index (κ2) is 6.23. The van der Waals surface area contributed by atoms with Crippen LogP contribution in [0.2, 0.25) is 0 Å². The largest absolute Gasteiger partial charge is 0.0993 e. The predicted octanol–water partition coefficient (Wildman–Crippen LogP) is 6.71. The normalized spacial score (nSPS) is 53.2. The molecule has 0 heterocycles. The molecule has 0 bridgehead atoms. The Hall–Kier alpha value is -0.260. The number of rotatable bonds is 1. The maximum atomic E-state index is 4.79. The highest BCUT2D eigenvalue weighted by Crippen LogP contribution is 2.60. The summed E-state index contributed by atoms with van der Waals surface area (Å²) in [6.07, 6.45) is 13.5. The molecule has 4 aliphatic carbocycles. The highest BCUT2D eigenvalue weighted by molar-refractivity contribution is 5.19. The second-order valence-corrected chi connectivity index (χ2v) is 9.79. The molecule has 0 saturated heterocycles. The quantitative estimate of drug-likeness (QED) is 0.472. The molecule has 130 valence electrons. The van der Waals surface area contributed by atoms with Crippen molar-refractivity contribution in [2.75, 3.05) is 0 Å². The van der Waals surface area contributed by atoms with Gasteiger partial charge in [0.1, 0.15) is 0 Å². The molecular formula is C23H38. The Morgan fingerprint density at radius 3 is 2.30 bits per heavy atom. The van der Waals surface area contributed by atoms with Gasteiger partial charge in [-0.25, -0.2) is 0 Å². The number of hydrogen-bond donors (Lipinski definition) is 0. The molecule has 6 unspecified atom stereocenters. The molecule has 4 fully saturated rings. The minimum atomic E-state index is 0.859. The first-order chi connectivity index (χ1) is 11.1. The maximum Gasteiger partial charge on any atom is -0.0146 e. The maximum absolute atomic E-state index is 4.79. The number of allylic oxidation sites excluding steroid dienone is 1. The predicted molar refractivity (Wildman–Crippen MR) is 99.1 cm³/mol. The Bertz CT molecular complexity index is 449. The topological polar surface area (TPSA) is 0 Å². The van der Waals surface area contributed by atoms with Gasteiger partial charge in [-0.05, 0) is 85.4 Å². The summed E-state index contributed by atoms with van der Waals surface area (Å²) in [5.41, 5.74) is 1.72. The summed E-state index contributed by atoms with van der Waals surface area (Å²) < 4.78 is 0. The van der Waals surface area contributed by atoms with E-state index in [1.165, 1.54) is 44.9 Å². The highest BCUT2D eigenvalue weighted by Gasteiger charge is 2.51. The third kappa shape index (κ3) is 2.54. The molecule has 9 atom stereocenters. The smallest absolute Gasteiger partial charge is 0.0146 e. The van der Waals surface area contributed by atoms with Gasteiger partial charge in [0.05, 0.1) is 0 Å². The zero-order valence-corrected chi connectivity index (χ0v) is 15.8. The van der Waals surface area contributed by atoms with E-state index >= 15 is 0 Å². The molecule has 0 amide bonds. The first kappa shape index (κ1) is 16.2. The monoisotopic (exact) mass is 314 g/mol. The molecule has 0 radical (unpaired) electrons. The molecule has 0 nitrogen and oxygen atoms in total. The van der Waals surface area contributed by atoms with Crippen LogP contribution >= 0.6 is 0 Å². The summed E-state index contributed by atoms with van der Waals surface area (Å²) in [5, 5.41) is 0. The van der Waals surface area contributed by atoms with E-state index in [1.807, 2.05) is 0 Å². The average Bonchev–Trinajstić information content (AvgIpc) is 2.55. The van der Waals surface area contributed by atoms with Crippen molar-refractivity contribution < 1.29 is 0 Å². The van der Waals surface area contributed by atoms with Crippen LogP contribution in [0.15, 0.2) is 12.2 Å². The van der Waals surface area contributed by atoms with Crippen LogP contribution < -0.4 is 0 Å². The molecule has 4 rings (SSSR count). The zero-order valence-electron chi connectivity index (χ0n) is 15.8. The van der Waals surface area contributed by atoms with Crippen LogP contribution in [0.4, 0.5) is 0 Å². The van der Waals surface area contributed by atoms with Crippen LogP contribution in [0.3, 0.4) is 0 Å². The average molecular weight is 315 g/mol. The zero-order chi connectivity index (χ0) is 16.1. The van der Waals surface area contributed by atoms with E-state index in [1.54, 1.807) is 18.4 Å². The lowest BCUT2D eigenvalue weighted by Crippen LogP contribution is -2.49. The van der Waals surface area contributed by atoms with Crippen molar-refractivity contribution in [3.63, 3.8) is 0 Å². The van der Waals surface area contributed by atoms with Crippen LogP contribution in [0.5, 0.6) is 0 Å². The Balaban J connectivity index is 1.59. The van der Waals surface area contributed by atoms with Gasteiger partial charge >= 0.3 is 0 Å². The fourth-order valence-corrected chi connectivity index (χ4v) is 8.02. The lowest BCUT2D eigenvalue weighted by Gasteiger charge is -2.57. The summed E-state index contributed by atoms with van der Waals surface area (Å²) in [4.78, 5) is 0. The molecule has 0 aromatic rings. The van der Waals surface area contributed by atoms with Crippen molar-refractivity contribution in [3.8, 4) is 0 Å². The van der Waals surface area contributed by atoms with Gasteiger partial charge in [-0.15, -0.1) is 0 Å². The molecule has 0 N–H and O–H groups in total. The van der Waals surface area contributed by atoms with Crippen molar-refractivity contribution in [1.29, 1.82) is 0 Å². The Kier molecular flexibility index (Phi) is 4.39. The van der Waals surface area contributed by atoms with Gasteiger partial charge in [0.15, 0.2) is 0 Å². The van der Waals surface area contributed by atoms with Gasteiger partial charge in [0.25, 0.3) is 0 Å². The van der Waals surface area contributed by atoms with E-state index in [2.05, 4.69) is 20.8 Å². The van der Waals surface area contributed by atoms with Crippen molar-refractivity contribution >= 4 is 0 Å². The minimum absolute atomic E-state index is 0.859. The lowest BCUT2D eigenvalue weighted by molar-refractivity contribution is -0.0266. The fraction of sp³-hybridized carbons (Fsp3) is 0.913. The molecule has 0 aromatic heterocycles. The third-order valence-electron chi connectivity index (χ3n) is 9.04. The summed E-state index contributed by atoms with van der Waals surface area (Å²) in [7, 11) is 0. The molecule has 0 aliphatic heterocycles. The van der Waals surface area contributed by atoms with Gasteiger partial charge in [0.2, 0.25) is 0 Å². The van der Waals surface area contributed by atoms with Gasteiger partial charge in [-0.2, -0.15) is 0 Å². The number of fused-ring (bicyclic) bond motifs is 3. The lowest BCUT2D eigenvalue weighted by atomic mass is 9.48. The summed E-state index contributed by atoms with van der Waals surface area (Å²) in [6.45, 7) is 12.4. The second-order valence-electron chi connectivity index (χ2n) is 9.79. The van der Waals surface area contributed by atoms with E-state index in [-0.39, 0.29) is 0 Å². The Labute approximate surface area is 144 Å². The molecule has 4 saturated carbocycles. The third-order valence-corrected chi connectivity index (χ3v) is 9.04. The van der Waals surface area contributed by atoms with E-state index in [4.69, 9.17) is 6.58 Å². The molecule has 23 heavy (non-hydrogen) atoms. The van der Waals surface area contributed by atoms with Gasteiger partial charge < -0.3 is 0 Å². The SMILES string of the molecule is C=C1C2C(CCC(CC)C2C)CC2C[C@@H]3CCCC[C@@H]3[C@H](C)C12. The van der Waals surface area contributed by atoms with E-state index in [0.717, 1.165) is 53.3 Å². The summed E-state index contributed by atoms with van der Waals surface area (Å²) in [6, 6.07) is 0. The van der Waals surface area contributed by atoms with Gasteiger partial charge in [-0.1, -0.05) is 58.6 Å². The molecule has 4 aliphatic rings. The molecule has 0 aromatic carbocycles. The molecular weight excluding hydrogens is 276 g/mol. The van der Waals surface area contributed by atoms with E-state index in [0.29, 0.717) is 0 Å². The number of hydrogen-bond acceptors (Lipinski definition) is 0. The van der Waals surface area contributed by atoms with Crippen molar-refractivity contribution in [2.24, 2.45) is 53.3 Å². The molecule has 0 spiro atoms. The van der Waals surface area contributed by atoms with Gasteiger partial charge in [-0.3, -0.25) is 0 Å². The standard InChI is InChI=1S/C23H38/c1-5-17-10-11-19-13-20-12-18-8-6-7-9-21(18)15(3)23(20)16(4)22(19)14(17)2/h14-15,17-23H,4-13H2,1-3H3/t14?,15-,17?,18-,19?,20?,21+,22?,23?/m0/s1. The van der Waals surface area contributed by atoms with Crippen molar-refractivity contribution in [2.45, 2.75) is 78.6 Å². The first-order valence-electron chi connectivity index (χ1n) is 10.8. The van der Waals surface area contributed by atoms with Crippen LogP contribution in [-0.4, -0.2) is 0 Å². The highest BCUT2D eigenvalue weighted by atomic mass is 14.6. The minimum Gasteiger partial charge on any atom is -0.0993 e. The fourth-order valence-electron chi connectivity index (χ4n) is 8.02. The van der Waals surface area contributed by atoms with Crippen molar-refractivity contribution in [1.82, 2.24) is 0 Å². The van der Waals surface area contributed by atoms with Gasteiger partial charge in [0, 0.05) is 0 Å². The van der Waals surface area contributed by atoms with Crippen molar-refractivity contribution in [3.05, 3.63) is 12.2 Å². The summed E-state index contributed by atoms with van der Waals surface area (Å²) in [5.74, 6) is 8.56. The van der Waals surface area contributed by atoms with Crippen LogP contribution in [0.1, 0.15) is 78.6 Å². The van der Waals surface area contributed by atoms with E-state index in [9.17, 15) is 0 Å².